The summed E-state index contributed by atoms with van der Waals surface area (Å²) < 4.78 is 0. The maximum atomic E-state index is 12.3. The van der Waals surface area contributed by atoms with Gasteiger partial charge in [0, 0.05) is 38.0 Å². The first kappa shape index (κ1) is 15.4. The quantitative estimate of drug-likeness (QED) is 0.751. The van der Waals surface area contributed by atoms with Gasteiger partial charge in [-0.15, -0.1) is 0 Å². The fourth-order valence-electron chi connectivity index (χ4n) is 1.76. The minimum absolute atomic E-state index is 0.0158. The standard InChI is InChI=1S/C14H23N3O2/c1-3-7-15-13-11-12(6-8-16-13)14(19)17(4-2)9-5-10-18/h6,8,11,18H,3-5,7,9-10H2,1-2H3,(H,15,16). The molecule has 0 spiro atoms. The zero-order chi connectivity index (χ0) is 14.1. The van der Waals surface area contributed by atoms with Crippen LogP contribution in [-0.4, -0.2) is 47.1 Å². The molecule has 2 N–H and O–H groups in total. The number of hydrogen-bond acceptors (Lipinski definition) is 4. The van der Waals surface area contributed by atoms with E-state index in [9.17, 15) is 4.79 Å². The Balaban J connectivity index is 2.74. The van der Waals surface area contributed by atoms with Crippen molar-refractivity contribution in [3.63, 3.8) is 0 Å². The monoisotopic (exact) mass is 265 g/mol. The van der Waals surface area contributed by atoms with Gasteiger partial charge in [-0.1, -0.05) is 6.92 Å². The minimum Gasteiger partial charge on any atom is -0.396 e. The molecule has 0 bridgehead atoms. The zero-order valence-electron chi connectivity index (χ0n) is 11.7. The van der Waals surface area contributed by atoms with E-state index < -0.39 is 0 Å². The average molecular weight is 265 g/mol. The molecule has 1 aromatic heterocycles. The molecule has 106 valence electrons. The van der Waals surface area contributed by atoms with Gasteiger partial charge in [0.25, 0.3) is 5.91 Å². The lowest BCUT2D eigenvalue weighted by Crippen LogP contribution is -2.32. The van der Waals surface area contributed by atoms with Gasteiger partial charge < -0.3 is 15.3 Å². The van der Waals surface area contributed by atoms with Crippen LogP contribution in [0.5, 0.6) is 0 Å². The van der Waals surface area contributed by atoms with Crippen LogP contribution in [0.1, 0.15) is 37.0 Å². The van der Waals surface area contributed by atoms with Gasteiger partial charge in [-0.25, -0.2) is 4.98 Å². The van der Waals surface area contributed by atoms with Gasteiger partial charge in [0.2, 0.25) is 0 Å². The van der Waals surface area contributed by atoms with Gasteiger partial charge in [-0.3, -0.25) is 4.79 Å². The Morgan fingerprint density at radius 2 is 2.26 bits per heavy atom. The smallest absolute Gasteiger partial charge is 0.254 e. The number of nitrogens with zero attached hydrogens (tertiary/aromatic N) is 2. The molecule has 0 aromatic carbocycles. The first-order chi connectivity index (χ1) is 9.22. The van der Waals surface area contributed by atoms with Crippen molar-refractivity contribution in [2.75, 3.05) is 31.6 Å². The van der Waals surface area contributed by atoms with Gasteiger partial charge in [0.1, 0.15) is 5.82 Å². The van der Waals surface area contributed by atoms with E-state index in [1.54, 1.807) is 23.2 Å². The Labute approximate surface area is 114 Å². The summed E-state index contributed by atoms with van der Waals surface area (Å²) in [7, 11) is 0. The predicted octanol–water partition coefficient (Wildman–Crippen LogP) is 1.75. The van der Waals surface area contributed by atoms with Crippen LogP contribution in [0.2, 0.25) is 0 Å². The van der Waals surface area contributed by atoms with Crippen molar-refractivity contribution >= 4 is 11.7 Å². The summed E-state index contributed by atoms with van der Waals surface area (Å²) in [6.45, 7) is 6.17. The number of pyridine rings is 1. The molecule has 0 saturated carbocycles. The predicted molar refractivity (Wildman–Crippen MR) is 76.3 cm³/mol. The Morgan fingerprint density at radius 1 is 1.47 bits per heavy atom. The SMILES string of the molecule is CCCNc1cc(C(=O)N(CC)CCCO)ccn1. The summed E-state index contributed by atoms with van der Waals surface area (Å²) >= 11 is 0. The Morgan fingerprint density at radius 3 is 2.89 bits per heavy atom. The van der Waals surface area contributed by atoms with Crippen LogP contribution in [0, 0.1) is 0 Å². The van der Waals surface area contributed by atoms with Gasteiger partial charge in [0.05, 0.1) is 0 Å². The highest BCUT2D eigenvalue weighted by Crippen LogP contribution is 2.10. The Bertz CT molecular complexity index is 396. The fraction of sp³-hybridized carbons (Fsp3) is 0.571. The number of aliphatic hydroxyl groups is 1. The summed E-state index contributed by atoms with van der Waals surface area (Å²) in [5, 5.41) is 12.0. The molecule has 0 aliphatic rings. The molecule has 0 aliphatic heterocycles. The number of nitrogens with one attached hydrogen (secondary N) is 1. The van der Waals surface area contributed by atoms with Crippen molar-refractivity contribution in [2.45, 2.75) is 26.7 Å². The topological polar surface area (TPSA) is 65.5 Å². The third-order valence-electron chi connectivity index (χ3n) is 2.82. The van der Waals surface area contributed by atoms with Crippen LogP contribution in [-0.2, 0) is 0 Å². The summed E-state index contributed by atoms with van der Waals surface area (Å²) in [5.74, 6) is 0.712. The lowest BCUT2D eigenvalue weighted by Gasteiger charge is -2.20. The normalized spacial score (nSPS) is 10.3. The van der Waals surface area contributed by atoms with E-state index in [-0.39, 0.29) is 12.5 Å². The molecular weight excluding hydrogens is 242 g/mol. The first-order valence-corrected chi connectivity index (χ1v) is 6.83. The molecular formula is C14H23N3O2. The molecule has 5 nitrogen and oxygen atoms in total. The number of aliphatic hydroxyl groups excluding tert-OH is 1. The van der Waals surface area contributed by atoms with Crippen LogP contribution in [0.15, 0.2) is 18.3 Å². The largest absolute Gasteiger partial charge is 0.396 e. The molecule has 1 amide bonds. The van der Waals surface area contributed by atoms with Crippen LogP contribution < -0.4 is 5.32 Å². The first-order valence-electron chi connectivity index (χ1n) is 6.83. The number of aromatic nitrogens is 1. The van der Waals surface area contributed by atoms with Gasteiger partial charge in [-0.2, -0.15) is 0 Å². The van der Waals surface area contributed by atoms with Crippen molar-refractivity contribution in [2.24, 2.45) is 0 Å². The van der Waals surface area contributed by atoms with Crippen LogP contribution in [0.3, 0.4) is 0 Å². The van der Waals surface area contributed by atoms with Crippen LogP contribution >= 0.6 is 0 Å². The van der Waals surface area contributed by atoms with E-state index in [0.717, 1.165) is 18.8 Å². The van der Waals surface area contributed by atoms with E-state index >= 15 is 0 Å². The van der Waals surface area contributed by atoms with E-state index in [1.165, 1.54) is 0 Å². The number of carbonyl (C=O) groups is 1. The minimum atomic E-state index is -0.0158. The van der Waals surface area contributed by atoms with Crippen molar-refractivity contribution in [1.82, 2.24) is 9.88 Å². The summed E-state index contributed by atoms with van der Waals surface area (Å²) in [4.78, 5) is 18.2. The number of anilines is 1. The highest BCUT2D eigenvalue weighted by atomic mass is 16.3. The molecule has 19 heavy (non-hydrogen) atoms. The van der Waals surface area contributed by atoms with Crippen molar-refractivity contribution in [1.29, 1.82) is 0 Å². The number of carbonyl (C=O) groups excluding carboxylic acids is 1. The lowest BCUT2D eigenvalue weighted by molar-refractivity contribution is 0.0754. The molecule has 0 unspecified atom stereocenters. The third-order valence-corrected chi connectivity index (χ3v) is 2.82. The van der Waals surface area contributed by atoms with Crippen molar-refractivity contribution < 1.29 is 9.90 Å². The second kappa shape index (κ2) is 8.48. The number of hydrogen-bond donors (Lipinski definition) is 2. The second-order valence-corrected chi connectivity index (χ2v) is 4.32. The molecule has 0 saturated heterocycles. The molecule has 0 aliphatic carbocycles. The Kier molecular flexibility index (Phi) is 6.89. The molecule has 0 atom stereocenters. The van der Waals surface area contributed by atoms with Gasteiger partial charge in [0.15, 0.2) is 0 Å². The zero-order valence-corrected chi connectivity index (χ0v) is 11.7. The molecule has 0 fully saturated rings. The molecule has 1 rings (SSSR count). The summed E-state index contributed by atoms with van der Waals surface area (Å²) in [6.07, 6.45) is 3.26. The number of amides is 1. The highest BCUT2D eigenvalue weighted by Gasteiger charge is 2.14. The van der Waals surface area contributed by atoms with Crippen LogP contribution in [0.4, 0.5) is 5.82 Å². The molecule has 5 heteroatoms. The summed E-state index contributed by atoms with van der Waals surface area (Å²) in [5.41, 5.74) is 0.633. The van der Waals surface area contributed by atoms with Gasteiger partial charge >= 0.3 is 0 Å². The fourth-order valence-corrected chi connectivity index (χ4v) is 1.76. The Hall–Kier alpha value is -1.62. The summed E-state index contributed by atoms with van der Waals surface area (Å²) in [6, 6.07) is 3.50. The maximum Gasteiger partial charge on any atom is 0.254 e. The maximum absolute atomic E-state index is 12.3. The molecule has 1 aromatic rings. The van der Waals surface area contributed by atoms with E-state index in [2.05, 4.69) is 17.2 Å². The lowest BCUT2D eigenvalue weighted by atomic mass is 10.2. The van der Waals surface area contributed by atoms with E-state index in [1.807, 2.05) is 6.92 Å². The van der Waals surface area contributed by atoms with Crippen molar-refractivity contribution in [3.05, 3.63) is 23.9 Å². The van der Waals surface area contributed by atoms with Crippen LogP contribution in [0.25, 0.3) is 0 Å². The molecule has 0 radical (unpaired) electrons. The third kappa shape index (κ3) is 4.87. The highest BCUT2D eigenvalue weighted by molar-refractivity contribution is 5.94. The number of rotatable bonds is 8. The van der Waals surface area contributed by atoms with E-state index in [0.29, 0.717) is 25.1 Å². The molecule has 1 heterocycles. The second-order valence-electron chi connectivity index (χ2n) is 4.32. The average Bonchev–Trinajstić information content (AvgIpc) is 2.46. The van der Waals surface area contributed by atoms with Gasteiger partial charge in [-0.05, 0) is 31.9 Å². The van der Waals surface area contributed by atoms with Crippen molar-refractivity contribution in [3.8, 4) is 0 Å². The van der Waals surface area contributed by atoms with E-state index in [4.69, 9.17) is 5.11 Å².